The standard InChI is InChI=1S/C28H23FN2O5/c29-20-5-2-6-21-22(20)19(15-31(21)17-7-10-28(11-8-17)35-13-14-36-28)24-23(26(32)30-27(24)33)18-4-1-3-16-9-12-34-25(16)18/h1-6,9,12,15,17H,7-8,10-11,13-14H2,(H,30,32,33). The molecule has 0 atom stereocenters. The molecule has 1 N–H and O–H groups in total. The summed E-state index contributed by atoms with van der Waals surface area (Å²) in [6.07, 6.45) is 6.44. The summed E-state index contributed by atoms with van der Waals surface area (Å²) in [6.45, 7) is 1.21. The average Bonchev–Trinajstić information content (AvgIpc) is 3.66. The van der Waals surface area contributed by atoms with Crippen molar-refractivity contribution in [3.05, 3.63) is 71.9 Å². The number of imide groups is 1. The molecule has 0 unspecified atom stereocenters. The van der Waals surface area contributed by atoms with Crippen molar-refractivity contribution in [1.29, 1.82) is 0 Å². The van der Waals surface area contributed by atoms with Crippen LogP contribution in [0.3, 0.4) is 0 Å². The van der Waals surface area contributed by atoms with Crippen LogP contribution in [0.5, 0.6) is 0 Å². The zero-order chi connectivity index (χ0) is 24.4. The lowest BCUT2D eigenvalue weighted by atomic mass is 9.90. The molecule has 7 nitrogen and oxygen atoms in total. The molecular weight excluding hydrogens is 463 g/mol. The number of carbonyl (C=O) groups is 2. The number of hydrogen-bond donors (Lipinski definition) is 1. The number of rotatable bonds is 3. The van der Waals surface area contributed by atoms with Crippen molar-refractivity contribution < 1.29 is 27.9 Å². The lowest BCUT2D eigenvalue weighted by Crippen LogP contribution is -2.35. The molecule has 4 heterocycles. The number of benzene rings is 2. The summed E-state index contributed by atoms with van der Waals surface area (Å²) >= 11 is 0. The van der Waals surface area contributed by atoms with E-state index in [1.165, 1.54) is 6.07 Å². The van der Waals surface area contributed by atoms with Crippen LogP contribution in [0.25, 0.3) is 33.0 Å². The van der Waals surface area contributed by atoms with Crippen molar-refractivity contribution in [3.63, 3.8) is 0 Å². The minimum absolute atomic E-state index is 0.0826. The summed E-state index contributed by atoms with van der Waals surface area (Å²) in [7, 11) is 0. The predicted molar refractivity (Wildman–Crippen MR) is 130 cm³/mol. The Morgan fingerprint density at radius 3 is 2.42 bits per heavy atom. The third kappa shape index (κ3) is 3.11. The normalized spacial score (nSPS) is 20.4. The quantitative estimate of drug-likeness (QED) is 0.414. The number of para-hydroxylation sites is 1. The maximum Gasteiger partial charge on any atom is 0.259 e. The van der Waals surface area contributed by atoms with Gasteiger partial charge in [-0.3, -0.25) is 14.9 Å². The van der Waals surface area contributed by atoms with E-state index < -0.39 is 23.4 Å². The van der Waals surface area contributed by atoms with Crippen LogP contribution in [0.1, 0.15) is 42.9 Å². The van der Waals surface area contributed by atoms with Crippen molar-refractivity contribution in [3.8, 4) is 0 Å². The van der Waals surface area contributed by atoms with E-state index in [4.69, 9.17) is 13.9 Å². The molecule has 2 aromatic heterocycles. The highest BCUT2D eigenvalue weighted by Gasteiger charge is 2.42. The number of nitrogens with one attached hydrogen (secondary N) is 1. The molecule has 3 aliphatic rings. The van der Waals surface area contributed by atoms with E-state index in [1.807, 2.05) is 29.0 Å². The molecule has 8 heteroatoms. The van der Waals surface area contributed by atoms with Gasteiger partial charge in [-0.05, 0) is 31.0 Å². The van der Waals surface area contributed by atoms with Gasteiger partial charge in [-0.25, -0.2) is 4.39 Å². The van der Waals surface area contributed by atoms with Gasteiger partial charge in [0.05, 0.1) is 36.1 Å². The van der Waals surface area contributed by atoms with Gasteiger partial charge in [-0.15, -0.1) is 0 Å². The van der Waals surface area contributed by atoms with Gasteiger partial charge in [-0.2, -0.15) is 0 Å². The van der Waals surface area contributed by atoms with Crippen LogP contribution in [0, 0.1) is 5.82 Å². The number of fused-ring (bicyclic) bond motifs is 2. The lowest BCUT2D eigenvalue weighted by molar-refractivity contribution is -0.181. The Morgan fingerprint density at radius 2 is 1.64 bits per heavy atom. The highest BCUT2D eigenvalue weighted by Crippen LogP contribution is 2.44. The molecule has 4 aromatic rings. The molecule has 36 heavy (non-hydrogen) atoms. The van der Waals surface area contributed by atoms with Gasteiger partial charge >= 0.3 is 0 Å². The maximum absolute atomic E-state index is 15.4. The number of halogens is 1. The fraction of sp³-hybridized carbons (Fsp3) is 0.286. The Kier molecular flexibility index (Phi) is 4.71. The topological polar surface area (TPSA) is 82.7 Å². The van der Waals surface area contributed by atoms with E-state index in [0.717, 1.165) is 31.1 Å². The van der Waals surface area contributed by atoms with Crippen LogP contribution in [0.15, 0.2) is 59.3 Å². The molecule has 1 aliphatic carbocycles. The summed E-state index contributed by atoms with van der Waals surface area (Å²) in [4.78, 5) is 26.2. The van der Waals surface area contributed by atoms with E-state index >= 15 is 4.39 Å². The van der Waals surface area contributed by atoms with E-state index in [9.17, 15) is 9.59 Å². The molecule has 0 radical (unpaired) electrons. The largest absolute Gasteiger partial charge is 0.464 e. The molecule has 2 aliphatic heterocycles. The number of furan rings is 1. The Labute approximate surface area is 205 Å². The lowest BCUT2D eigenvalue weighted by Gasteiger charge is -2.36. The maximum atomic E-state index is 15.4. The van der Waals surface area contributed by atoms with Crippen LogP contribution < -0.4 is 5.32 Å². The Hall–Kier alpha value is -3.75. The molecule has 2 aromatic carbocycles. The Bertz CT molecular complexity index is 1580. The minimum Gasteiger partial charge on any atom is -0.464 e. The van der Waals surface area contributed by atoms with Crippen LogP contribution in [-0.4, -0.2) is 35.4 Å². The minimum atomic E-state index is -0.545. The number of hydrogen-bond acceptors (Lipinski definition) is 5. The van der Waals surface area contributed by atoms with E-state index in [1.54, 1.807) is 24.5 Å². The van der Waals surface area contributed by atoms with Crippen molar-refractivity contribution in [2.75, 3.05) is 13.2 Å². The van der Waals surface area contributed by atoms with E-state index in [2.05, 4.69) is 5.32 Å². The fourth-order valence-electron chi connectivity index (χ4n) is 6.02. The van der Waals surface area contributed by atoms with Crippen molar-refractivity contribution in [2.45, 2.75) is 37.5 Å². The van der Waals surface area contributed by atoms with Crippen LogP contribution >= 0.6 is 0 Å². The molecule has 0 bridgehead atoms. The van der Waals surface area contributed by atoms with Crippen molar-refractivity contribution in [1.82, 2.24) is 9.88 Å². The number of aromatic nitrogens is 1. The summed E-state index contributed by atoms with van der Waals surface area (Å²) in [5.74, 6) is -2.02. The van der Waals surface area contributed by atoms with Crippen LogP contribution in [-0.2, 0) is 19.1 Å². The molecule has 1 saturated carbocycles. The smallest absolute Gasteiger partial charge is 0.259 e. The highest BCUT2D eigenvalue weighted by molar-refractivity contribution is 6.50. The average molecular weight is 486 g/mol. The Balaban J connectivity index is 1.41. The highest BCUT2D eigenvalue weighted by atomic mass is 19.1. The molecule has 1 spiro atoms. The second kappa shape index (κ2) is 7.88. The van der Waals surface area contributed by atoms with Gasteiger partial charge < -0.3 is 18.5 Å². The van der Waals surface area contributed by atoms with Crippen LogP contribution in [0.2, 0.25) is 0 Å². The summed E-state index contributed by atoms with van der Waals surface area (Å²) < 4.78 is 34.8. The summed E-state index contributed by atoms with van der Waals surface area (Å²) in [6, 6.07) is 12.2. The van der Waals surface area contributed by atoms with Crippen molar-refractivity contribution >= 4 is 44.8 Å². The van der Waals surface area contributed by atoms with Crippen LogP contribution in [0.4, 0.5) is 4.39 Å². The zero-order valence-electron chi connectivity index (χ0n) is 19.4. The van der Waals surface area contributed by atoms with Gasteiger partial charge in [0.2, 0.25) is 0 Å². The number of amides is 2. The summed E-state index contributed by atoms with van der Waals surface area (Å²) in [5, 5.41) is 3.56. The zero-order valence-corrected chi connectivity index (χ0v) is 19.4. The number of ether oxygens (including phenoxy) is 2. The first-order valence-corrected chi connectivity index (χ1v) is 12.2. The second-order valence-corrected chi connectivity index (χ2v) is 9.60. The molecule has 2 amide bonds. The first-order valence-electron chi connectivity index (χ1n) is 12.2. The first kappa shape index (κ1) is 21.5. The molecule has 1 saturated heterocycles. The van der Waals surface area contributed by atoms with Crippen molar-refractivity contribution in [2.24, 2.45) is 0 Å². The van der Waals surface area contributed by atoms with Gasteiger partial charge in [0, 0.05) is 47.0 Å². The van der Waals surface area contributed by atoms with E-state index in [0.29, 0.717) is 40.8 Å². The fourth-order valence-corrected chi connectivity index (χ4v) is 6.02. The molecule has 7 rings (SSSR count). The second-order valence-electron chi connectivity index (χ2n) is 9.60. The van der Waals surface area contributed by atoms with Gasteiger partial charge in [0.15, 0.2) is 5.79 Å². The molecule has 182 valence electrons. The predicted octanol–water partition coefficient (Wildman–Crippen LogP) is 4.95. The monoisotopic (exact) mass is 486 g/mol. The first-order chi connectivity index (χ1) is 17.5. The van der Waals surface area contributed by atoms with Gasteiger partial charge in [0.1, 0.15) is 11.4 Å². The SMILES string of the molecule is O=C1NC(=O)C(c2cn(C3CCC4(CC3)OCCO4)c3cccc(F)c23)=C1c1cccc2ccoc12. The van der Waals surface area contributed by atoms with Gasteiger partial charge in [-0.1, -0.05) is 24.3 Å². The molecule has 2 fully saturated rings. The number of carbonyl (C=O) groups excluding carboxylic acids is 2. The summed E-state index contributed by atoms with van der Waals surface area (Å²) in [5.41, 5.74) is 2.45. The third-order valence-electron chi connectivity index (χ3n) is 7.68. The van der Waals surface area contributed by atoms with E-state index in [-0.39, 0.29) is 17.2 Å². The van der Waals surface area contributed by atoms with Gasteiger partial charge in [0.25, 0.3) is 11.8 Å². The number of nitrogens with zero attached hydrogens (tertiary/aromatic N) is 1. The third-order valence-corrected chi connectivity index (χ3v) is 7.68. The Morgan fingerprint density at radius 1 is 0.917 bits per heavy atom. The molecular formula is C28H23FN2O5.